The molecule has 1 heterocycles. The van der Waals surface area contributed by atoms with Gasteiger partial charge in [-0.1, -0.05) is 0 Å². The first-order chi connectivity index (χ1) is 4.20. The number of nitrogens with one attached hydrogen (secondary N) is 1. The van der Waals surface area contributed by atoms with E-state index in [2.05, 4.69) is 10.3 Å². The first-order valence-electron chi connectivity index (χ1n) is 2.55. The molecule has 1 rings (SSSR count). The zero-order valence-electron chi connectivity index (χ0n) is 4.97. The van der Waals surface area contributed by atoms with E-state index < -0.39 is 0 Å². The minimum Gasteiger partial charge on any atom is -0.306 e. The number of carbonyl (C=O) groups excluding carboxylic acids is 2. The summed E-state index contributed by atoms with van der Waals surface area (Å²) in [6, 6.07) is 0. The van der Waals surface area contributed by atoms with E-state index in [1.807, 2.05) is 0 Å². The van der Waals surface area contributed by atoms with E-state index >= 15 is 0 Å². The van der Waals surface area contributed by atoms with Crippen molar-refractivity contribution in [1.29, 1.82) is 0 Å². The second-order valence-electron chi connectivity index (χ2n) is 1.77. The largest absolute Gasteiger partial charge is 0.306 e. The van der Waals surface area contributed by atoms with Crippen molar-refractivity contribution in [2.24, 2.45) is 4.99 Å². The first-order valence-corrected chi connectivity index (χ1v) is 2.55. The number of aliphatic imine (C=N–C) groups is 1. The van der Waals surface area contributed by atoms with Crippen LogP contribution in [-0.4, -0.2) is 24.1 Å². The molecule has 0 fully saturated rings. The van der Waals surface area contributed by atoms with E-state index in [1.165, 1.54) is 6.92 Å². The van der Waals surface area contributed by atoms with E-state index in [4.69, 9.17) is 0 Å². The van der Waals surface area contributed by atoms with Crippen LogP contribution in [0.25, 0.3) is 0 Å². The smallest absolute Gasteiger partial charge is 0.247 e. The number of hydrogen-bond donors (Lipinski definition) is 1. The number of ketones is 1. The molecule has 0 unspecified atom stereocenters. The van der Waals surface area contributed by atoms with Gasteiger partial charge in [-0.05, 0) is 0 Å². The zero-order chi connectivity index (χ0) is 6.85. The molecule has 1 aliphatic rings. The van der Waals surface area contributed by atoms with Crippen LogP contribution < -0.4 is 5.32 Å². The molecular formula is C5H6N2O2. The van der Waals surface area contributed by atoms with Gasteiger partial charge in [0.25, 0.3) is 0 Å². The Balaban J connectivity index is 2.65. The van der Waals surface area contributed by atoms with E-state index in [9.17, 15) is 9.59 Å². The monoisotopic (exact) mass is 126 g/mol. The summed E-state index contributed by atoms with van der Waals surface area (Å²) in [7, 11) is 0. The van der Waals surface area contributed by atoms with Gasteiger partial charge in [0.1, 0.15) is 6.54 Å². The zero-order valence-corrected chi connectivity index (χ0v) is 4.97. The third-order valence-corrected chi connectivity index (χ3v) is 0.972. The van der Waals surface area contributed by atoms with Crippen LogP contribution in [0, 0.1) is 0 Å². The van der Waals surface area contributed by atoms with E-state index in [1.54, 1.807) is 0 Å². The quantitative estimate of drug-likeness (QED) is 0.495. The summed E-state index contributed by atoms with van der Waals surface area (Å²) >= 11 is 0. The minimum absolute atomic E-state index is 0.0922. The Hall–Kier alpha value is -1.19. The molecule has 1 aliphatic heterocycles. The summed E-state index contributed by atoms with van der Waals surface area (Å²) < 4.78 is 0. The van der Waals surface area contributed by atoms with E-state index in [0.29, 0.717) is 0 Å². The number of amides is 1. The van der Waals surface area contributed by atoms with E-state index in [-0.39, 0.29) is 24.1 Å². The lowest BCUT2D eigenvalue weighted by Gasteiger charge is -1.90. The number of hydrogen-bond acceptors (Lipinski definition) is 3. The van der Waals surface area contributed by atoms with Gasteiger partial charge in [0.15, 0.2) is 11.6 Å². The highest BCUT2D eigenvalue weighted by Crippen LogP contribution is 1.86. The molecule has 0 aromatic carbocycles. The average molecular weight is 126 g/mol. The van der Waals surface area contributed by atoms with Crippen molar-refractivity contribution in [3.63, 3.8) is 0 Å². The van der Waals surface area contributed by atoms with Crippen LogP contribution in [0.3, 0.4) is 0 Å². The molecule has 4 nitrogen and oxygen atoms in total. The normalized spacial score (nSPS) is 17.0. The molecule has 1 N–H and O–H groups in total. The van der Waals surface area contributed by atoms with Gasteiger partial charge in [-0.2, -0.15) is 0 Å². The molecule has 0 aromatic heterocycles. The summed E-state index contributed by atoms with van der Waals surface area (Å²) in [5, 5.41) is 2.31. The lowest BCUT2D eigenvalue weighted by molar-refractivity contribution is -0.118. The third kappa shape index (κ3) is 1.13. The fourth-order valence-corrected chi connectivity index (χ4v) is 0.561. The molecule has 9 heavy (non-hydrogen) atoms. The molecule has 0 radical (unpaired) electrons. The standard InChI is InChI=1S/C5H6N2O2/c1-3(8)5-6-2-4(9)7-5/h2H2,1H3,(H,6,7,9). The fraction of sp³-hybridized carbons (Fsp3) is 0.400. The van der Waals surface area contributed by atoms with Crippen LogP contribution in [0.15, 0.2) is 4.99 Å². The van der Waals surface area contributed by atoms with E-state index in [0.717, 1.165) is 0 Å². The SMILES string of the molecule is CC(=O)C1=NCC(=O)N1. The summed E-state index contributed by atoms with van der Waals surface area (Å²) in [5.74, 6) is -0.221. The maximum atomic E-state index is 10.4. The third-order valence-electron chi connectivity index (χ3n) is 0.972. The van der Waals surface area contributed by atoms with Crippen molar-refractivity contribution >= 4 is 17.5 Å². The molecule has 0 spiro atoms. The number of nitrogens with zero attached hydrogens (tertiary/aromatic N) is 1. The topological polar surface area (TPSA) is 58.5 Å². The Morgan fingerprint density at radius 2 is 2.44 bits per heavy atom. The maximum Gasteiger partial charge on any atom is 0.247 e. The molecule has 48 valence electrons. The van der Waals surface area contributed by atoms with Gasteiger partial charge in [-0.3, -0.25) is 14.6 Å². The highest BCUT2D eigenvalue weighted by atomic mass is 16.2. The fourth-order valence-electron chi connectivity index (χ4n) is 0.561. The van der Waals surface area contributed by atoms with Gasteiger partial charge in [-0.25, -0.2) is 0 Å². The van der Waals surface area contributed by atoms with Crippen molar-refractivity contribution in [3.8, 4) is 0 Å². The Bertz CT molecular complexity index is 195. The van der Waals surface area contributed by atoms with Crippen LogP contribution in [0.4, 0.5) is 0 Å². The van der Waals surface area contributed by atoms with Crippen molar-refractivity contribution in [2.45, 2.75) is 6.92 Å². The molecule has 4 heteroatoms. The summed E-state index contributed by atoms with van der Waals surface area (Å²) in [4.78, 5) is 24.4. The van der Waals surface area contributed by atoms with Crippen LogP contribution in [0.5, 0.6) is 0 Å². The van der Waals surface area contributed by atoms with Gasteiger partial charge in [-0.15, -0.1) is 0 Å². The lowest BCUT2D eigenvalue weighted by Crippen LogP contribution is -2.29. The number of rotatable bonds is 1. The summed E-state index contributed by atoms with van der Waals surface area (Å²) in [6.07, 6.45) is 0. The van der Waals surface area contributed by atoms with Crippen molar-refractivity contribution in [1.82, 2.24) is 5.32 Å². The molecule has 0 saturated carbocycles. The predicted octanol–water partition coefficient (Wildman–Crippen LogP) is -0.896. The van der Waals surface area contributed by atoms with Crippen molar-refractivity contribution in [3.05, 3.63) is 0 Å². The molecule has 0 bridgehead atoms. The molecule has 0 aliphatic carbocycles. The molecule has 0 saturated heterocycles. The second kappa shape index (κ2) is 1.97. The molecular weight excluding hydrogens is 120 g/mol. The van der Waals surface area contributed by atoms with Crippen LogP contribution in [0.2, 0.25) is 0 Å². The maximum absolute atomic E-state index is 10.4. The number of Topliss-reactive ketones (excluding diaryl/α,β-unsaturated/α-hetero) is 1. The second-order valence-corrected chi connectivity index (χ2v) is 1.77. The first kappa shape index (κ1) is 5.94. The van der Waals surface area contributed by atoms with Crippen LogP contribution in [-0.2, 0) is 9.59 Å². The van der Waals surface area contributed by atoms with Gasteiger partial charge in [0, 0.05) is 6.92 Å². The predicted molar refractivity (Wildman–Crippen MR) is 31.1 cm³/mol. The number of amidine groups is 1. The van der Waals surface area contributed by atoms with Gasteiger partial charge in [0.2, 0.25) is 5.91 Å². The Morgan fingerprint density at radius 3 is 2.67 bits per heavy atom. The number of carbonyl (C=O) groups is 2. The van der Waals surface area contributed by atoms with Gasteiger partial charge >= 0.3 is 0 Å². The average Bonchev–Trinajstić information content (AvgIpc) is 2.14. The molecule has 0 aromatic rings. The Labute approximate surface area is 52.0 Å². The Morgan fingerprint density at radius 1 is 1.78 bits per heavy atom. The lowest BCUT2D eigenvalue weighted by atomic mass is 10.4. The highest BCUT2D eigenvalue weighted by Gasteiger charge is 2.15. The summed E-state index contributed by atoms with van der Waals surface area (Å²) in [5.41, 5.74) is 0. The van der Waals surface area contributed by atoms with Gasteiger partial charge < -0.3 is 5.32 Å². The Kier molecular flexibility index (Phi) is 1.30. The van der Waals surface area contributed by atoms with Crippen molar-refractivity contribution in [2.75, 3.05) is 6.54 Å². The van der Waals surface area contributed by atoms with Crippen LogP contribution in [0.1, 0.15) is 6.92 Å². The highest BCUT2D eigenvalue weighted by molar-refractivity contribution is 6.42. The summed E-state index contributed by atoms with van der Waals surface area (Å²) in [6.45, 7) is 1.46. The minimum atomic E-state index is -0.208. The molecule has 1 amide bonds. The molecule has 0 atom stereocenters. The van der Waals surface area contributed by atoms with Crippen molar-refractivity contribution < 1.29 is 9.59 Å². The van der Waals surface area contributed by atoms with Gasteiger partial charge in [0.05, 0.1) is 0 Å². The van der Waals surface area contributed by atoms with Crippen LogP contribution >= 0.6 is 0 Å².